The summed E-state index contributed by atoms with van der Waals surface area (Å²) >= 11 is 0. The van der Waals surface area contributed by atoms with E-state index in [1.165, 1.54) is 6.07 Å². The summed E-state index contributed by atoms with van der Waals surface area (Å²) in [6.45, 7) is 4.40. The number of nitrogens with zero attached hydrogens (tertiary/aromatic N) is 3. The number of para-hydroxylation sites is 1. The van der Waals surface area contributed by atoms with Gasteiger partial charge in [-0.2, -0.15) is 0 Å². The fraction of sp³-hybridized carbons (Fsp3) is 0.400. The highest BCUT2D eigenvalue weighted by atomic mass is 19.1. The summed E-state index contributed by atoms with van der Waals surface area (Å²) in [5.74, 6) is 0.648. The van der Waals surface area contributed by atoms with Gasteiger partial charge in [-0.15, -0.1) is 0 Å². The van der Waals surface area contributed by atoms with Gasteiger partial charge in [0.25, 0.3) is 5.91 Å². The number of halogens is 1. The summed E-state index contributed by atoms with van der Waals surface area (Å²) in [5.41, 5.74) is -0.209. The second-order valence-corrected chi connectivity index (χ2v) is 10.4. The van der Waals surface area contributed by atoms with Crippen LogP contribution in [0, 0.1) is 11.2 Å². The smallest absolute Gasteiger partial charge is 0.289 e. The summed E-state index contributed by atoms with van der Waals surface area (Å²) in [6.07, 6.45) is 1.84. The number of rotatable bonds is 7. The van der Waals surface area contributed by atoms with Crippen molar-refractivity contribution in [3.63, 3.8) is 0 Å². The maximum atomic E-state index is 14.3. The van der Waals surface area contributed by atoms with Crippen LogP contribution in [0.5, 0.6) is 5.75 Å². The van der Waals surface area contributed by atoms with Crippen molar-refractivity contribution in [2.24, 2.45) is 5.41 Å². The van der Waals surface area contributed by atoms with Gasteiger partial charge >= 0.3 is 0 Å². The predicted molar refractivity (Wildman–Crippen MR) is 142 cm³/mol. The van der Waals surface area contributed by atoms with Crippen LogP contribution in [0.4, 0.5) is 4.39 Å². The molecule has 0 radical (unpaired) electrons. The first kappa shape index (κ1) is 26.0. The topological polar surface area (TPSA) is 66.2 Å². The molecule has 0 bridgehead atoms. The van der Waals surface area contributed by atoms with Crippen LogP contribution in [-0.2, 0) is 4.79 Å². The number of carbonyl (C=O) groups excluding carboxylic acids is 2. The van der Waals surface area contributed by atoms with Crippen LogP contribution in [-0.4, -0.2) is 79.4 Å². The molecule has 1 aromatic heterocycles. The number of amides is 2. The minimum atomic E-state index is -0.523. The van der Waals surface area contributed by atoms with Crippen molar-refractivity contribution in [3.8, 4) is 17.1 Å². The van der Waals surface area contributed by atoms with Gasteiger partial charge in [-0.05, 0) is 56.3 Å². The second-order valence-electron chi connectivity index (χ2n) is 10.4. The molecule has 0 spiro atoms. The van der Waals surface area contributed by atoms with Crippen molar-refractivity contribution in [1.29, 1.82) is 0 Å². The molecular formula is C30H34FN3O4. The minimum absolute atomic E-state index is 0.101. The van der Waals surface area contributed by atoms with Gasteiger partial charge in [0.05, 0.1) is 12.2 Å². The van der Waals surface area contributed by atoms with Gasteiger partial charge in [0.2, 0.25) is 5.91 Å². The summed E-state index contributed by atoms with van der Waals surface area (Å²) in [6, 6.07) is 19.1. The average Bonchev–Trinajstić information content (AvgIpc) is 3.43. The van der Waals surface area contributed by atoms with E-state index in [9.17, 15) is 14.0 Å². The highest BCUT2D eigenvalue weighted by Gasteiger charge is 2.41. The van der Waals surface area contributed by atoms with Crippen LogP contribution in [0.25, 0.3) is 11.3 Å². The Morgan fingerprint density at radius 1 is 0.921 bits per heavy atom. The van der Waals surface area contributed by atoms with Crippen molar-refractivity contribution in [3.05, 3.63) is 78.3 Å². The molecule has 3 aromatic rings. The van der Waals surface area contributed by atoms with Crippen LogP contribution < -0.4 is 4.74 Å². The van der Waals surface area contributed by atoms with Crippen molar-refractivity contribution < 1.29 is 23.1 Å². The normalized spacial score (nSPS) is 20.4. The van der Waals surface area contributed by atoms with E-state index in [0.717, 1.165) is 31.7 Å². The third kappa shape index (κ3) is 5.91. The molecule has 0 unspecified atom stereocenters. The van der Waals surface area contributed by atoms with Crippen molar-refractivity contribution >= 4 is 11.8 Å². The fourth-order valence-corrected chi connectivity index (χ4v) is 5.35. The first-order valence-corrected chi connectivity index (χ1v) is 13.2. The SMILES string of the molecule is CN1CCN(C(=O)C[C@@]2(COc3ccccc3)CCCN(C(=O)c3ccc(-c4ccccc4F)o3)C2)CC1. The molecule has 5 rings (SSSR count). The Morgan fingerprint density at radius 3 is 2.42 bits per heavy atom. The van der Waals surface area contributed by atoms with Crippen LogP contribution in [0.2, 0.25) is 0 Å². The molecule has 2 aliphatic heterocycles. The number of carbonyl (C=O) groups is 2. The summed E-state index contributed by atoms with van der Waals surface area (Å²) in [7, 11) is 2.06. The van der Waals surface area contributed by atoms with E-state index in [0.29, 0.717) is 50.5 Å². The Labute approximate surface area is 222 Å². The largest absolute Gasteiger partial charge is 0.493 e. The lowest BCUT2D eigenvalue weighted by Gasteiger charge is -2.43. The van der Waals surface area contributed by atoms with E-state index in [1.54, 1.807) is 35.2 Å². The Bertz CT molecular complexity index is 1260. The highest BCUT2D eigenvalue weighted by molar-refractivity contribution is 5.92. The zero-order valence-corrected chi connectivity index (χ0v) is 21.8. The maximum absolute atomic E-state index is 14.3. The molecule has 1 atom stereocenters. The Hall–Kier alpha value is -3.65. The van der Waals surface area contributed by atoms with Crippen molar-refractivity contribution in [2.45, 2.75) is 19.3 Å². The number of piperidine rings is 1. The first-order valence-electron chi connectivity index (χ1n) is 13.2. The van der Waals surface area contributed by atoms with Gasteiger partial charge in [-0.25, -0.2) is 4.39 Å². The number of likely N-dealkylation sites (N-methyl/N-ethyl adjacent to an activating group) is 1. The summed E-state index contributed by atoms with van der Waals surface area (Å²) in [5, 5.41) is 0. The van der Waals surface area contributed by atoms with Crippen molar-refractivity contribution in [1.82, 2.24) is 14.7 Å². The average molecular weight is 520 g/mol. The molecular weight excluding hydrogens is 485 g/mol. The fourth-order valence-electron chi connectivity index (χ4n) is 5.35. The van der Waals surface area contributed by atoms with Gasteiger partial charge in [0.15, 0.2) is 5.76 Å². The number of ether oxygens (including phenoxy) is 1. The molecule has 7 nitrogen and oxygen atoms in total. The minimum Gasteiger partial charge on any atom is -0.493 e. The van der Waals surface area contributed by atoms with E-state index < -0.39 is 11.2 Å². The standard InChI is InChI=1S/C30H34FN3O4/c1-32-16-18-33(19-17-32)28(35)20-30(22-37-23-8-3-2-4-9-23)14-7-15-34(21-30)29(36)27-13-12-26(38-27)24-10-5-6-11-25(24)31/h2-6,8-13H,7,14-22H2,1H3/t30-/m0/s1. The van der Waals surface area contributed by atoms with Gasteiger partial charge in [0, 0.05) is 51.1 Å². The Balaban J connectivity index is 1.34. The van der Waals surface area contributed by atoms with E-state index >= 15 is 0 Å². The van der Waals surface area contributed by atoms with Crippen LogP contribution in [0.3, 0.4) is 0 Å². The van der Waals surface area contributed by atoms with Crippen LogP contribution in [0.1, 0.15) is 29.8 Å². The molecule has 2 saturated heterocycles. The van der Waals surface area contributed by atoms with Gasteiger partial charge in [0.1, 0.15) is 17.3 Å². The van der Waals surface area contributed by atoms with Gasteiger partial charge < -0.3 is 23.9 Å². The third-order valence-corrected chi connectivity index (χ3v) is 7.58. The molecule has 2 aliphatic rings. The van der Waals surface area contributed by atoms with Gasteiger partial charge in [-0.1, -0.05) is 30.3 Å². The van der Waals surface area contributed by atoms with E-state index in [2.05, 4.69) is 11.9 Å². The number of hydrogen-bond donors (Lipinski definition) is 0. The Morgan fingerprint density at radius 2 is 1.66 bits per heavy atom. The number of likely N-dealkylation sites (tertiary alicyclic amines) is 1. The molecule has 0 N–H and O–H groups in total. The number of hydrogen-bond acceptors (Lipinski definition) is 5. The molecule has 2 amide bonds. The monoisotopic (exact) mass is 519 g/mol. The third-order valence-electron chi connectivity index (χ3n) is 7.58. The lowest BCUT2D eigenvalue weighted by molar-refractivity contribution is -0.137. The van der Waals surface area contributed by atoms with Crippen LogP contribution in [0.15, 0.2) is 71.1 Å². The predicted octanol–water partition coefficient (Wildman–Crippen LogP) is 4.55. The number of furan rings is 1. The molecule has 3 heterocycles. The van der Waals surface area contributed by atoms with Crippen molar-refractivity contribution in [2.75, 3.05) is 52.9 Å². The lowest BCUT2D eigenvalue weighted by atomic mass is 9.77. The molecule has 8 heteroatoms. The molecule has 2 fully saturated rings. The molecule has 0 aliphatic carbocycles. The quantitative estimate of drug-likeness (QED) is 0.458. The molecule has 38 heavy (non-hydrogen) atoms. The van der Waals surface area contributed by atoms with E-state index in [1.807, 2.05) is 35.2 Å². The lowest BCUT2D eigenvalue weighted by Crippen LogP contribution is -2.53. The molecule has 0 saturated carbocycles. The summed E-state index contributed by atoms with van der Waals surface area (Å²) in [4.78, 5) is 32.8. The highest BCUT2D eigenvalue weighted by Crippen LogP contribution is 2.36. The maximum Gasteiger partial charge on any atom is 0.289 e. The number of benzene rings is 2. The number of piperazine rings is 1. The second kappa shape index (κ2) is 11.4. The first-order chi connectivity index (χ1) is 18.4. The van der Waals surface area contributed by atoms with E-state index in [4.69, 9.17) is 9.15 Å². The zero-order valence-electron chi connectivity index (χ0n) is 21.8. The van der Waals surface area contributed by atoms with Gasteiger partial charge in [-0.3, -0.25) is 9.59 Å². The van der Waals surface area contributed by atoms with Crippen LogP contribution >= 0.6 is 0 Å². The van der Waals surface area contributed by atoms with E-state index in [-0.39, 0.29) is 17.6 Å². The zero-order chi connectivity index (χ0) is 26.5. The molecule has 200 valence electrons. The summed E-state index contributed by atoms with van der Waals surface area (Å²) < 4.78 is 26.2. The molecule has 2 aromatic carbocycles. The Kier molecular flexibility index (Phi) is 7.79.